The zero-order valence-electron chi connectivity index (χ0n) is 13.2. The molecule has 1 aliphatic rings. The first kappa shape index (κ1) is 16.0. The van der Waals surface area contributed by atoms with E-state index in [-0.39, 0.29) is 10.6 Å². The number of rotatable bonds is 5. The number of nitro benzene ring substituents is 1. The van der Waals surface area contributed by atoms with E-state index in [1.165, 1.54) is 19.3 Å². The third-order valence-electron chi connectivity index (χ3n) is 4.71. The molecule has 1 aliphatic carbocycles. The van der Waals surface area contributed by atoms with Gasteiger partial charge < -0.3 is 5.32 Å². The Morgan fingerprint density at radius 3 is 2.81 bits per heavy atom. The van der Waals surface area contributed by atoms with Crippen LogP contribution in [0.3, 0.4) is 0 Å². The average Bonchev–Trinajstić information content (AvgIpc) is 2.45. The molecule has 1 N–H and O–H groups in total. The van der Waals surface area contributed by atoms with E-state index in [2.05, 4.69) is 26.1 Å². The monoisotopic (exact) mass is 290 g/mol. The van der Waals surface area contributed by atoms with Crippen LogP contribution in [0.1, 0.15) is 45.6 Å². The smallest absolute Gasteiger partial charge is 0.269 e. The van der Waals surface area contributed by atoms with Crippen molar-refractivity contribution in [1.29, 1.82) is 0 Å². The van der Waals surface area contributed by atoms with Crippen LogP contribution in [0.4, 0.5) is 5.69 Å². The van der Waals surface area contributed by atoms with Gasteiger partial charge in [-0.3, -0.25) is 10.1 Å². The van der Waals surface area contributed by atoms with Crippen LogP contribution in [-0.2, 0) is 6.54 Å². The molecule has 1 saturated carbocycles. The summed E-state index contributed by atoms with van der Waals surface area (Å²) in [4.78, 5) is 10.5. The second kappa shape index (κ2) is 7.03. The minimum atomic E-state index is -0.330. The van der Waals surface area contributed by atoms with Crippen molar-refractivity contribution in [3.05, 3.63) is 39.9 Å². The Balaban J connectivity index is 2.00. The minimum Gasteiger partial charge on any atom is -0.310 e. The van der Waals surface area contributed by atoms with Crippen molar-refractivity contribution in [2.24, 2.45) is 17.8 Å². The first-order chi connectivity index (χ1) is 9.97. The Labute approximate surface area is 127 Å². The number of hydrogen-bond acceptors (Lipinski definition) is 3. The highest BCUT2D eigenvalue weighted by Crippen LogP contribution is 2.33. The number of benzene rings is 1. The fourth-order valence-electron chi connectivity index (χ4n) is 3.47. The molecule has 4 nitrogen and oxygen atoms in total. The van der Waals surface area contributed by atoms with E-state index in [4.69, 9.17) is 0 Å². The molecule has 1 aromatic carbocycles. The molecule has 0 heterocycles. The van der Waals surface area contributed by atoms with Gasteiger partial charge in [0.25, 0.3) is 5.69 Å². The quantitative estimate of drug-likeness (QED) is 0.655. The highest BCUT2D eigenvalue weighted by molar-refractivity contribution is 5.34. The van der Waals surface area contributed by atoms with Gasteiger partial charge in [0.2, 0.25) is 0 Å². The van der Waals surface area contributed by atoms with Gasteiger partial charge in [-0.25, -0.2) is 0 Å². The first-order valence-corrected chi connectivity index (χ1v) is 7.94. The summed E-state index contributed by atoms with van der Waals surface area (Å²) in [7, 11) is 0. The van der Waals surface area contributed by atoms with Crippen LogP contribution in [0.25, 0.3) is 0 Å². The molecule has 0 radical (unpaired) electrons. The van der Waals surface area contributed by atoms with E-state index in [0.29, 0.717) is 24.4 Å². The number of non-ortho nitro benzene ring substituents is 1. The molecule has 1 fully saturated rings. The lowest BCUT2D eigenvalue weighted by molar-refractivity contribution is -0.384. The van der Waals surface area contributed by atoms with E-state index in [9.17, 15) is 10.1 Å². The third-order valence-corrected chi connectivity index (χ3v) is 4.71. The molecule has 0 saturated heterocycles. The van der Waals surface area contributed by atoms with Crippen LogP contribution in [-0.4, -0.2) is 11.0 Å². The molecule has 4 heteroatoms. The van der Waals surface area contributed by atoms with Crippen LogP contribution in [0.15, 0.2) is 24.3 Å². The fraction of sp³-hybridized carbons (Fsp3) is 0.647. The first-order valence-electron chi connectivity index (χ1n) is 7.94. The minimum absolute atomic E-state index is 0.173. The van der Waals surface area contributed by atoms with Crippen LogP contribution in [0.5, 0.6) is 0 Å². The topological polar surface area (TPSA) is 55.2 Å². The van der Waals surface area contributed by atoms with Gasteiger partial charge in [-0.15, -0.1) is 0 Å². The number of hydrogen-bond donors (Lipinski definition) is 1. The SMILES string of the molecule is CC1CCC(C(C)C)C(NCc2cccc([N+](=O)[O-])c2)C1. The van der Waals surface area contributed by atoms with Gasteiger partial charge in [0.15, 0.2) is 0 Å². The van der Waals surface area contributed by atoms with Crippen LogP contribution in [0.2, 0.25) is 0 Å². The fourth-order valence-corrected chi connectivity index (χ4v) is 3.47. The molecular formula is C17H26N2O2. The maximum Gasteiger partial charge on any atom is 0.269 e. The summed E-state index contributed by atoms with van der Waals surface area (Å²) in [6.45, 7) is 7.62. The molecule has 1 aromatic rings. The Bertz CT molecular complexity index is 487. The van der Waals surface area contributed by atoms with Gasteiger partial charge in [0, 0.05) is 24.7 Å². The maximum atomic E-state index is 10.8. The maximum absolute atomic E-state index is 10.8. The summed E-state index contributed by atoms with van der Waals surface area (Å²) in [5.74, 6) is 2.16. The Kier molecular flexibility index (Phi) is 5.34. The number of nitro groups is 1. The van der Waals surface area contributed by atoms with Gasteiger partial charge in [-0.1, -0.05) is 39.3 Å². The van der Waals surface area contributed by atoms with Gasteiger partial charge in [0.05, 0.1) is 4.92 Å². The highest BCUT2D eigenvalue weighted by Gasteiger charge is 2.30. The van der Waals surface area contributed by atoms with E-state index < -0.39 is 0 Å². The van der Waals surface area contributed by atoms with Gasteiger partial charge >= 0.3 is 0 Å². The molecule has 3 atom stereocenters. The highest BCUT2D eigenvalue weighted by atomic mass is 16.6. The van der Waals surface area contributed by atoms with Crippen molar-refractivity contribution in [2.45, 2.75) is 52.6 Å². The van der Waals surface area contributed by atoms with Crippen molar-refractivity contribution in [3.63, 3.8) is 0 Å². The zero-order chi connectivity index (χ0) is 15.4. The lowest BCUT2D eigenvalue weighted by Gasteiger charge is -2.38. The van der Waals surface area contributed by atoms with Crippen molar-refractivity contribution >= 4 is 5.69 Å². The third kappa shape index (κ3) is 4.27. The van der Waals surface area contributed by atoms with Crippen molar-refractivity contribution < 1.29 is 4.92 Å². The second-order valence-electron chi connectivity index (χ2n) is 6.74. The van der Waals surface area contributed by atoms with Crippen molar-refractivity contribution in [3.8, 4) is 0 Å². The molecule has 0 amide bonds. The van der Waals surface area contributed by atoms with Gasteiger partial charge in [0.1, 0.15) is 0 Å². The zero-order valence-corrected chi connectivity index (χ0v) is 13.2. The molecule has 0 aromatic heterocycles. The molecule has 21 heavy (non-hydrogen) atoms. The van der Waals surface area contributed by atoms with Gasteiger partial charge in [-0.05, 0) is 36.2 Å². The average molecular weight is 290 g/mol. The molecule has 3 unspecified atom stereocenters. The molecular weight excluding hydrogens is 264 g/mol. The normalized spacial score (nSPS) is 26.0. The summed E-state index contributed by atoms with van der Waals surface area (Å²) >= 11 is 0. The summed E-state index contributed by atoms with van der Waals surface area (Å²) in [5, 5.41) is 14.5. The summed E-state index contributed by atoms with van der Waals surface area (Å²) in [6.07, 6.45) is 3.81. The summed E-state index contributed by atoms with van der Waals surface area (Å²) in [6, 6.07) is 7.45. The largest absolute Gasteiger partial charge is 0.310 e. The lowest BCUT2D eigenvalue weighted by Crippen LogP contribution is -2.42. The number of nitrogens with one attached hydrogen (secondary N) is 1. The second-order valence-corrected chi connectivity index (χ2v) is 6.74. The van der Waals surface area contributed by atoms with Crippen LogP contribution < -0.4 is 5.32 Å². The van der Waals surface area contributed by atoms with Gasteiger partial charge in [-0.2, -0.15) is 0 Å². The predicted octanol–water partition coefficient (Wildman–Crippen LogP) is 4.15. The molecule has 2 rings (SSSR count). The van der Waals surface area contributed by atoms with Crippen molar-refractivity contribution in [2.75, 3.05) is 0 Å². The predicted molar refractivity (Wildman–Crippen MR) is 85.1 cm³/mol. The Hall–Kier alpha value is -1.42. The molecule has 0 aliphatic heterocycles. The van der Waals surface area contributed by atoms with E-state index in [0.717, 1.165) is 11.5 Å². The van der Waals surface area contributed by atoms with E-state index in [1.807, 2.05) is 6.07 Å². The summed E-state index contributed by atoms with van der Waals surface area (Å²) < 4.78 is 0. The Morgan fingerprint density at radius 1 is 1.38 bits per heavy atom. The molecule has 0 bridgehead atoms. The van der Waals surface area contributed by atoms with E-state index >= 15 is 0 Å². The Morgan fingerprint density at radius 2 is 2.14 bits per heavy atom. The van der Waals surface area contributed by atoms with Crippen molar-refractivity contribution in [1.82, 2.24) is 5.32 Å². The van der Waals surface area contributed by atoms with Crippen LogP contribution in [0, 0.1) is 27.9 Å². The molecule has 116 valence electrons. The van der Waals surface area contributed by atoms with E-state index in [1.54, 1.807) is 18.2 Å². The van der Waals surface area contributed by atoms with Crippen LogP contribution >= 0.6 is 0 Å². The standard InChI is InChI=1S/C17H26N2O2/c1-12(2)16-8-7-13(3)9-17(16)18-11-14-5-4-6-15(10-14)19(20)21/h4-6,10,12-13,16-18H,7-9,11H2,1-3H3. The molecule has 0 spiro atoms. The lowest BCUT2D eigenvalue weighted by atomic mass is 9.74. The number of nitrogens with zero attached hydrogens (tertiary/aromatic N) is 1. The summed E-state index contributed by atoms with van der Waals surface area (Å²) in [5.41, 5.74) is 1.16.